The van der Waals surface area contributed by atoms with Crippen molar-refractivity contribution in [3.63, 3.8) is 0 Å². The van der Waals surface area contributed by atoms with E-state index in [4.69, 9.17) is 0 Å². The molecule has 2 N–H and O–H groups in total. The van der Waals surface area contributed by atoms with Gasteiger partial charge in [0.05, 0.1) is 5.69 Å². The fraction of sp³-hybridized carbons (Fsp3) is 0.462. The Morgan fingerprint density at radius 2 is 1.90 bits per heavy atom. The summed E-state index contributed by atoms with van der Waals surface area (Å²) in [6.07, 6.45) is 1.11. The van der Waals surface area contributed by atoms with Crippen LogP contribution in [0.3, 0.4) is 0 Å². The average Bonchev–Trinajstić information content (AvgIpc) is 2.38. The molecule has 0 saturated carbocycles. The number of likely N-dealkylation sites (tertiary alicyclic amines) is 1. The Balaban J connectivity index is 1.90. The van der Waals surface area contributed by atoms with E-state index in [0.29, 0.717) is 31.6 Å². The highest BCUT2D eigenvalue weighted by Crippen LogP contribution is 2.34. The van der Waals surface area contributed by atoms with Crippen LogP contribution < -0.4 is 10.0 Å². The Morgan fingerprint density at radius 3 is 2.55 bits per heavy atom. The van der Waals surface area contributed by atoms with Crippen LogP contribution in [-0.2, 0) is 14.8 Å². The van der Waals surface area contributed by atoms with Gasteiger partial charge in [0, 0.05) is 32.9 Å². The number of hydrogen-bond acceptors (Lipinski definition) is 4. The summed E-state index contributed by atoms with van der Waals surface area (Å²) in [5, 5.41) is 3.30. The van der Waals surface area contributed by atoms with Gasteiger partial charge in [0.15, 0.2) is 0 Å². The minimum Gasteiger partial charge on any atom is -0.365 e. The Hall–Kier alpha value is -1.60. The number of fused-ring (bicyclic) bond motifs is 1. The van der Waals surface area contributed by atoms with Gasteiger partial charge in [-0.3, -0.25) is 4.79 Å². The maximum Gasteiger partial charge on any atom is 0.244 e. The van der Waals surface area contributed by atoms with E-state index in [9.17, 15) is 13.2 Å². The zero-order valence-electron chi connectivity index (χ0n) is 11.2. The van der Waals surface area contributed by atoms with Crippen LogP contribution in [0.25, 0.3) is 0 Å². The average molecular weight is 295 g/mol. The molecule has 1 saturated heterocycles. The van der Waals surface area contributed by atoms with Crippen molar-refractivity contribution in [3.8, 4) is 0 Å². The lowest BCUT2D eigenvalue weighted by Crippen LogP contribution is -2.62. The number of nitrogens with one attached hydrogen (secondary N) is 2. The molecule has 2 aliphatic rings. The van der Waals surface area contributed by atoms with E-state index in [1.54, 1.807) is 23.1 Å². The monoisotopic (exact) mass is 295 g/mol. The molecule has 0 bridgehead atoms. The third-order valence-corrected chi connectivity index (χ3v) is 5.54. The van der Waals surface area contributed by atoms with Crippen LogP contribution in [0.1, 0.15) is 19.8 Å². The Morgan fingerprint density at radius 1 is 1.25 bits per heavy atom. The molecule has 0 unspecified atom stereocenters. The molecule has 0 atom stereocenters. The maximum absolute atomic E-state index is 12.3. The molecule has 0 aromatic heterocycles. The second kappa shape index (κ2) is 4.46. The molecular formula is C13H17N3O3S. The number of piperidine rings is 1. The molecule has 108 valence electrons. The van der Waals surface area contributed by atoms with Crippen molar-refractivity contribution in [2.75, 3.05) is 18.4 Å². The molecule has 1 aromatic rings. The van der Waals surface area contributed by atoms with Crippen LogP contribution in [0.15, 0.2) is 29.2 Å². The summed E-state index contributed by atoms with van der Waals surface area (Å²) in [6.45, 7) is 2.63. The van der Waals surface area contributed by atoms with Crippen LogP contribution in [0, 0.1) is 0 Å². The van der Waals surface area contributed by atoms with Crippen molar-refractivity contribution in [1.29, 1.82) is 0 Å². The number of carbonyl (C=O) groups excluding carboxylic acids is 1. The van der Waals surface area contributed by atoms with Gasteiger partial charge in [-0.1, -0.05) is 12.1 Å². The van der Waals surface area contributed by atoms with Crippen molar-refractivity contribution in [1.82, 2.24) is 9.62 Å². The standard InChI is InChI=1S/C13H17N3O3S/c1-10(17)16-8-6-13(7-9-16)14-11-4-2-3-5-12(11)20(18,19)15-13/h2-5,14-15H,6-9H2,1H3. The van der Waals surface area contributed by atoms with Gasteiger partial charge in [-0.05, 0) is 12.1 Å². The van der Waals surface area contributed by atoms with Crippen molar-refractivity contribution in [3.05, 3.63) is 24.3 Å². The molecule has 1 fully saturated rings. The van der Waals surface area contributed by atoms with Gasteiger partial charge in [-0.15, -0.1) is 0 Å². The summed E-state index contributed by atoms with van der Waals surface area (Å²) in [5.41, 5.74) is -0.0541. The second-order valence-electron chi connectivity index (χ2n) is 5.31. The predicted molar refractivity (Wildman–Crippen MR) is 74.6 cm³/mol. The zero-order valence-corrected chi connectivity index (χ0v) is 12.0. The van der Waals surface area contributed by atoms with Crippen molar-refractivity contribution in [2.24, 2.45) is 0 Å². The molecule has 2 aliphatic heterocycles. The lowest BCUT2D eigenvalue weighted by atomic mass is 9.97. The second-order valence-corrected chi connectivity index (χ2v) is 6.97. The molecule has 1 amide bonds. The van der Waals surface area contributed by atoms with Crippen molar-refractivity contribution >= 4 is 21.6 Å². The quantitative estimate of drug-likeness (QED) is 0.739. The first-order valence-corrected chi connectivity index (χ1v) is 8.07. The highest BCUT2D eigenvalue weighted by atomic mass is 32.2. The van der Waals surface area contributed by atoms with E-state index in [0.717, 1.165) is 0 Å². The molecule has 7 heteroatoms. The summed E-state index contributed by atoms with van der Waals surface area (Å²) in [4.78, 5) is 13.4. The number of para-hydroxylation sites is 1. The number of sulfonamides is 1. The van der Waals surface area contributed by atoms with Gasteiger partial charge >= 0.3 is 0 Å². The predicted octanol–water partition coefficient (Wildman–Crippen LogP) is 0.729. The van der Waals surface area contributed by atoms with E-state index >= 15 is 0 Å². The van der Waals surface area contributed by atoms with E-state index in [1.807, 2.05) is 6.07 Å². The molecule has 2 heterocycles. The van der Waals surface area contributed by atoms with Gasteiger partial charge in [0.2, 0.25) is 15.9 Å². The summed E-state index contributed by atoms with van der Waals surface area (Å²) < 4.78 is 27.4. The van der Waals surface area contributed by atoms with Crippen molar-refractivity contribution < 1.29 is 13.2 Å². The van der Waals surface area contributed by atoms with E-state index < -0.39 is 15.7 Å². The molecular weight excluding hydrogens is 278 g/mol. The Labute approximate surface area is 118 Å². The fourth-order valence-electron chi connectivity index (χ4n) is 2.83. The summed E-state index contributed by atoms with van der Waals surface area (Å²) in [6, 6.07) is 6.87. The molecule has 0 radical (unpaired) electrons. The number of benzene rings is 1. The van der Waals surface area contributed by atoms with Crippen LogP contribution in [0.5, 0.6) is 0 Å². The largest absolute Gasteiger partial charge is 0.365 e. The van der Waals surface area contributed by atoms with E-state index in [1.165, 1.54) is 6.92 Å². The number of amides is 1. The SMILES string of the molecule is CC(=O)N1CCC2(CC1)Nc1ccccc1S(=O)(=O)N2. The number of rotatable bonds is 0. The smallest absolute Gasteiger partial charge is 0.244 e. The van der Waals surface area contributed by atoms with Gasteiger partial charge in [-0.25, -0.2) is 8.42 Å². The van der Waals surface area contributed by atoms with Gasteiger partial charge < -0.3 is 10.2 Å². The van der Waals surface area contributed by atoms with Crippen LogP contribution in [-0.4, -0.2) is 38.0 Å². The summed E-state index contributed by atoms with van der Waals surface area (Å²) >= 11 is 0. The van der Waals surface area contributed by atoms with E-state index in [2.05, 4.69) is 10.0 Å². The van der Waals surface area contributed by atoms with Crippen molar-refractivity contribution in [2.45, 2.75) is 30.3 Å². The maximum atomic E-state index is 12.3. The molecule has 1 spiro atoms. The molecule has 3 rings (SSSR count). The number of nitrogens with zero attached hydrogens (tertiary/aromatic N) is 1. The Bertz CT molecular complexity index is 649. The number of carbonyl (C=O) groups is 1. The summed E-state index contributed by atoms with van der Waals surface area (Å²) in [5.74, 6) is 0.0268. The Kier molecular flexibility index (Phi) is 2.98. The first kappa shape index (κ1) is 13.4. The minimum atomic E-state index is -3.50. The normalized spacial score (nSPS) is 22.9. The van der Waals surface area contributed by atoms with E-state index in [-0.39, 0.29) is 10.8 Å². The molecule has 20 heavy (non-hydrogen) atoms. The zero-order chi connectivity index (χ0) is 14.4. The number of hydrogen-bond donors (Lipinski definition) is 2. The van der Waals surface area contributed by atoms with Crippen LogP contribution in [0.4, 0.5) is 5.69 Å². The highest BCUT2D eigenvalue weighted by molar-refractivity contribution is 7.89. The van der Waals surface area contributed by atoms with Gasteiger partial charge in [0.1, 0.15) is 10.6 Å². The van der Waals surface area contributed by atoms with Gasteiger partial charge in [-0.2, -0.15) is 4.72 Å². The fourth-order valence-corrected chi connectivity index (χ4v) is 4.38. The lowest BCUT2D eigenvalue weighted by molar-refractivity contribution is -0.130. The highest BCUT2D eigenvalue weighted by Gasteiger charge is 2.43. The van der Waals surface area contributed by atoms with Gasteiger partial charge in [0.25, 0.3) is 0 Å². The topological polar surface area (TPSA) is 78.5 Å². The number of anilines is 1. The molecule has 1 aromatic carbocycles. The third kappa shape index (κ3) is 2.16. The lowest BCUT2D eigenvalue weighted by Gasteiger charge is -2.45. The molecule has 0 aliphatic carbocycles. The van der Waals surface area contributed by atoms with Crippen LogP contribution >= 0.6 is 0 Å². The third-order valence-electron chi connectivity index (χ3n) is 3.94. The molecule has 6 nitrogen and oxygen atoms in total. The minimum absolute atomic E-state index is 0.0268. The first-order valence-electron chi connectivity index (χ1n) is 6.59. The summed E-state index contributed by atoms with van der Waals surface area (Å²) in [7, 11) is -3.50. The first-order chi connectivity index (χ1) is 9.42. The van der Waals surface area contributed by atoms with Crippen LogP contribution in [0.2, 0.25) is 0 Å².